The summed E-state index contributed by atoms with van der Waals surface area (Å²) >= 11 is 0. The molecule has 11 N–H and O–H groups in total. The summed E-state index contributed by atoms with van der Waals surface area (Å²) in [6.45, 7) is 14.3. The highest BCUT2D eigenvalue weighted by molar-refractivity contribution is 5.36. The van der Waals surface area contributed by atoms with Crippen LogP contribution in [-0.4, -0.2) is 192 Å². The second-order valence-corrected chi connectivity index (χ2v) is 23.5. The zero-order chi connectivity index (χ0) is 47.9. The third-order valence-electron chi connectivity index (χ3n) is 19.9. The van der Waals surface area contributed by atoms with Crippen LogP contribution in [0, 0.1) is 44.8 Å². The highest BCUT2D eigenvalue weighted by Crippen LogP contribution is 2.79. The van der Waals surface area contributed by atoms with Gasteiger partial charge in [0.1, 0.15) is 67.1 Å². The maximum absolute atomic E-state index is 12.9. The predicted octanol–water partition coefficient (Wildman–Crippen LogP) is -0.256. The number of fused-ring (bicyclic) bond motifs is 4. The summed E-state index contributed by atoms with van der Waals surface area (Å²) < 4.78 is 42.4. The fourth-order valence-corrected chi connectivity index (χ4v) is 15.6. The van der Waals surface area contributed by atoms with Gasteiger partial charge in [-0.1, -0.05) is 53.7 Å². The van der Waals surface area contributed by atoms with Crippen molar-refractivity contribution in [2.24, 2.45) is 44.8 Å². The monoisotopic (exact) mass is 943 g/mol. The number of ether oxygens (including phenoxy) is 7. The van der Waals surface area contributed by atoms with Crippen molar-refractivity contribution < 1.29 is 89.3 Å². The smallest absolute Gasteiger partial charge is 0.187 e. The zero-order valence-corrected chi connectivity index (χ0v) is 39.5. The molecule has 0 aromatic heterocycles. The van der Waals surface area contributed by atoms with Crippen molar-refractivity contribution in [1.82, 2.24) is 0 Å². The molecule has 4 heterocycles. The lowest BCUT2D eigenvalue weighted by atomic mass is 9.32. The molecule has 4 saturated heterocycles. The third-order valence-corrected chi connectivity index (χ3v) is 19.9. The van der Waals surface area contributed by atoms with Gasteiger partial charge in [0.2, 0.25) is 0 Å². The van der Waals surface area contributed by atoms with Crippen molar-refractivity contribution in [3.8, 4) is 0 Å². The Morgan fingerprint density at radius 2 is 1.32 bits per heavy atom. The molecule has 18 heteroatoms. The minimum atomic E-state index is -1.82. The summed E-state index contributed by atoms with van der Waals surface area (Å²) in [7, 11) is 0. The quantitative estimate of drug-likeness (QED) is 0.105. The minimum Gasteiger partial charge on any atom is -0.394 e. The number of hydrogen-bond acceptors (Lipinski definition) is 18. The molecule has 5 aliphatic carbocycles. The molecule has 66 heavy (non-hydrogen) atoms. The fraction of sp³-hybridized carbons (Fsp3) is 0.958. The lowest BCUT2D eigenvalue weighted by molar-refractivity contribution is -0.366. The minimum absolute atomic E-state index is 0.0508. The van der Waals surface area contributed by atoms with Crippen molar-refractivity contribution in [3.05, 3.63) is 12.2 Å². The Morgan fingerprint density at radius 3 is 2.00 bits per heavy atom. The molecule has 0 radical (unpaired) electrons. The molecule has 378 valence electrons. The van der Waals surface area contributed by atoms with Crippen LogP contribution in [0.2, 0.25) is 0 Å². The van der Waals surface area contributed by atoms with Crippen LogP contribution in [0.25, 0.3) is 0 Å². The van der Waals surface area contributed by atoms with Gasteiger partial charge in [-0.3, -0.25) is 0 Å². The van der Waals surface area contributed by atoms with E-state index in [1.807, 2.05) is 6.92 Å². The van der Waals surface area contributed by atoms with Gasteiger partial charge in [0.05, 0.1) is 49.3 Å². The Hall–Kier alpha value is -0.980. The molecule has 9 aliphatic rings. The number of aliphatic hydroxyl groups excluding tert-OH is 10. The highest BCUT2D eigenvalue weighted by atomic mass is 16.8. The van der Waals surface area contributed by atoms with Gasteiger partial charge in [-0.15, -0.1) is 0 Å². The summed E-state index contributed by atoms with van der Waals surface area (Å²) in [6, 6.07) is 0. The van der Waals surface area contributed by atoms with E-state index in [-0.39, 0.29) is 44.8 Å². The zero-order valence-electron chi connectivity index (χ0n) is 39.5. The molecular formula is C48H78O18. The maximum atomic E-state index is 12.9. The summed E-state index contributed by atoms with van der Waals surface area (Å²) in [4.78, 5) is 0. The van der Waals surface area contributed by atoms with Crippen LogP contribution >= 0.6 is 0 Å². The first kappa shape index (κ1) is 50.0. The molecule has 4 saturated carbocycles. The average molecular weight is 943 g/mol. The maximum Gasteiger partial charge on any atom is 0.187 e. The van der Waals surface area contributed by atoms with E-state index < -0.39 is 129 Å². The normalized spacial score (nSPS) is 58.8. The average Bonchev–Trinajstić information content (AvgIpc) is 3.55. The van der Waals surface area contributed by atoms with E-state index >= 15 is 0 Å². The Labute approximate surface area is 387 Å². The lowest BCUT2D eigenvalue weighted by Crippen LogP contribution is -2.73. The Bertz CT molecular complexity index is 1800. The molecular weight excluding hydrogens is 865 g/mol. The second-order valence-electron chi connectivity index (χ2n) is 23.5. The van der Waals surface area contributed by atoms with E-state index in [9.17, 15) is 56.2 Å². The molecule has 1 spiro atoms. The van der Waals surface area contributed by atoms with Gasteiger partial charge < -0.3 is 89.3 Å². The Balaban J connectivity index is 0.888. The van der Waals surface area contributed by atoms with Crippen LogP contribution < -0.4 is 0 Å². The topological polar surface area (TPSA) is 287 Å². The Kier molecular flexibility index (Phi) is 12.9. The summed E-state index contributed by atoms with van der Waals surface area (Å²) in [5, 5.41) is 122. The van der Waals surface area contributed by atoms with Crippen LogP contribution in [0.1, 0.15) is 106 Å². The number of aliphatic hydroxyl groups is 11. The molecule has 26 atom stereocenters. The first-order valence-corrected chi connectivity index (χ1v) is 24.6. The van der Waals surface area contributed by atoms with E-state index in [0.29, 0.717) is 38.7 Å². The highest BCUT2D eigenvalue weighted by Gasteiger charge is 2.79. The molecule has 8 fully saturated rings. The van der Waals surface area contributed by atoms with Crippen molar-refractivity contribution >= 4 is 0 Å². The SMILES string of the molecule is CC[C@]1(O)[C@@H]2CC[C@]3(C)[C@H](C=C[C@@]45OC[C@@]6(CCC(C)(C)C[C@@H]64)[C@H](O)C[C@]35C)[C@@]2(C)CC[C@H]1O[C@H]1O[C@@H](CO[C@H]2O[C@@H](CO)[C@H](O[C@@H]3O[C@H](C)[C@@H](O)[C@H](O)[C@@H]3O)[C@@H](O)[C@@H]2O)[C@H](O)[C@@H](O)[C@@H]1O. The van der Waals surface area contributed by atoms with Gasteiger partial charge in [-0.2, -0.15) is 0 Å². The fourth-order valence-electron chi connectivity index (χ4n) is 15.6. The van der Waals surface area contributed by atoms with Crippen LogP contribution in [0.15, 0.2) is 12.2 Å². The predicted molar refractivity (Wildman–Crippen MR) is 230 cm³/mol. The first-order valence-electron chi connectivity index (χ1n) is 24.6. The molecule has 18 nitrogen and oxygen atoms in total. The van der Waals surface area contributed by atoms with E-state index in [0.717, 1.165) is 25.7 Å². The van der Waals surface area contributed by atoms with Crippen LogP contribution in [0.4, 0.5) is 0 Å². The van der Waals surface area contributed by atoms with E-state index in [2.05, 4.69) is 46.8 Å². The van der Waals surface area contributed by atoms with Crippen molar-refractivity contribution in [2.45, 2.75) is 222 Å². The van der Waals surface area contributed by atoms with E-state index in [1.165, 1.54) is 6.92 Å². The molecule has 0 aromatic rings. The van der Waals surface area contributed by atoms with Gasteiger partial charge in [0, 0.05) is 16.7 Å². The van der Waals surface area contributed by atoms with Gasteiger partial charge in [0.15, 0.2) is 18.9 Å². The van der Waals surface area contributed by atoms with Crippen molar-refractivity contribution in [2.75, 3.05) is 19.8 Å². The van der Waals surface area contributed by atoms with Gasteiger partial charge in [0.25, 0.3) is 0 Å². The van der Waals surface area contributed by atoms with Gasteiger partial charge in [-0.05, 0) is 92.8 Å². The number of hydrogen-bond donors (Lipinski definition) is 11. The van der Waals surface area contributed by atoms with Crippen LogP contribution in [-0.2, 0) is 33.2 Å². The molecule has 9 rings (SSSR count). The third kappa shape index (κ3) is 7.08. The molecule has 0 unspecified atom stereocenters. The molecule has 4 aliphatic heterocycles. The van der Waals surface area contributed by atoms with E-state index in [1.54, 1.807) is 0 Å². The van der Waals surface area contributed by atoms with Gasteiger partial charge in [-0.25, -0.2) is 0 Å². The summed E-state index contributed by atoms with van der Waals surface area (Å²) in [6.07, 6.45) is -13.4. The molecule has 0 aromatic carbocycles. The molecule has 0 amide bonds. The summed E-state index contributed by atoms with van der Waals surface area (Å²) in [5.74, 6) is 0.0250. The standard InChI is InChI=1S/C48H78O18/c1-8-47(59)26-9-13-44(6)25(10-14-48-27-17-42(3,4)15-16-46(27,21-61-48)28(50)18-45(44,48)7)43(26,5)12-11-29(47)65-41-36(57)33(54)31(52)24(64-41)20-60-39-37(58)34(55)38(23(19-49)63-39)66-40-35(56)32(53)30(51)22(2)62-40/h10,14,22-41,49-59H,8-9,11-13,15-21H2,1-7H3/t22-,23+,24+,25-,26-,27+,28-,29-,30-,31+,32+,33-,34+,35+,36+,37+,38+,39+,40+,41-,43-,44-,45-,46-,47+,48-/m1/s1. The largest absolute Gasteiger partial charge is 0.394 e. The van der Waals surface area contributed by atoms with Crippen molar-refractivity contribution in [3.63, 3.8) is 0 Å². The van der Waals surface area contributed by atoms with Gasteiger partial charge >= 0.3 is 0 Å². The molecule has 2 bridgehead atoms. The lowest BCUT2D eigenvalue weighted by Gasteiger charge is -2.73. The van der Waals surface area contributed by atoms with Crippen molar-refractivity contribution in [1.29, 1.82) is 0 Å². The van der Waals surface area contributed by atoms with Crippen LogP contribution in [0.5, 0.6) is 0 Å². The number of rotatable bonds is 9. The summed E-state index contributed by atoms with van der Waals surface area (Å²) in [5.41, 5.74) is -2.99. The first-order chi connectivity index (χ1) is 30.9. The number of allylic oxidation sites excluding steroid dienone is 1. The Morgan fingerprint density at radius 1 is 0.667 bits per heavy atom. The van der Waals surface area contributed by atoms with Crippen LogP contribution in [0.3, 0.4) is 0 Å². The van der Waals surface area contributed by atoms with E-state index in [4.69, 9.17) is 33.2 Å². The second kappa shape index (κ2) is 17.1.